The first kappa shape index (κ1) is 28.1. The lowest BCUT2D eigenvalue weighted by molar-refractivity contribution is -0.150. The van der Waals surface area contributed by atoms with E-state index in [1.54, 1.807) is 26.0 Å². The Morgan fingerprint density at radius 3 is 1.50 bits per heavy atom. The molecule has 0 radical (unpaired) electrons. The summed E-state index contributed by atoms with van der Waals surface area (Å²) in [4.78, 5) is 47.5. The number of methoxy groups -OCH3 is 2. The lowest BCUT2D eigenvalue weighted by Gasteiger charge is -2.43. The summed E-state index contributed by atoms with van der Waals surface area (Å²) in [5.74, 6) is -0.468. The van der Waals surface area contributed by atoms with Gasteiger partial charge in [0.25, 0.3) is 11.8 Å². The molecule has 11 heteroatoms. The van der Waals surface area contributed by atoms with Gasteiger partial charge < -0.3 is 20.1 Å². The van der Waals surface area contributed by atoms with Crippen LogP contribution in [0.2, 0.25) is 0 Å². The maximum Gasteiger partial charge on any atom is 0.253 e. The Balaban J connectivity index is 2.26. The van der Waals surface area contributed by atoms with Gasteiger partial charge in [0, 0.05) is 64.6 Å². The minimum Gasteiger partial charge on any atom is -0.367 e. The average molecular weight is 505 g/mol. The van der Waals surface area contributed by atoms with Crippen molar-refractivity contribution in [3.05, 3.63) is 28.4 Å². The molecule has 1 aromatic heterocycles. The van der Waals surface area contributed by atoms with Gasteiger partial charge in [-0.1, -0.05) is 0 Å². The third-order valence-electron chi connectivity index (χ3n) is 6.85. The lowest BCUT2D eigenvalue weighted by atomic mass is 9.95. The van der Waals surface area contributed by atoms with Crippen LogP contribution in [0.4, 0.5) is 5.69 Å². The summed E-state index contributed by atoms with van der Waals surface area (Å²) < 4.78 is 11.5. The van der Waals surface area contributed by atoms with Crippen molar-refractivity contribution in [2.75, 3.05) is 40.4 Å². The van der Waals surface area contributed by atoms with Crippen LogP contribution in [0.25, 0.3) is 0 Å². The number of nitroso groups, excluding NO2 is 1. The molecule has 11 nitrogen and oxygen atoms in total. The molecule has 2 amide bonds. The number of nitrogens with zero attached hydrogens (tertiary/aromatic N) is 4. The van der Waals surface area contributed by atoms with Crippen molar-refractivity contribution >= 4 is 17.5 Å². The zero-order valence-corrected chi connectivity index (χ0v) is 22.7. The highest BCUT2D eigenvalue weighted by molar-refractivity contribution is 5.86. The summed E-state index contributed by atoms with van der Waals surface area (Å²) in [6.07, 6.45) is 0. The molecule has 0 aromatic carbocycles. The summed E-state index contributed by atoms with van der Waals surface area (Å²) in [7, 11) is 3.03. The molecule has 4 bridgehead atoms. The van der Waals surface area contributed by atoms with E-state index in [0.29, 0.717) is 37.6 Å². The van der Waals surface area contributed by atoms with E-state index >= 15 is 0 Å². The molecule has 200 valence electrons. The number of hydrogen-bond acceptors (Lipinski definition) is 9. The van der Waals surface area contributed by atoms with Gasteiger partial charge in [-0.25, -0.2) is 0 Å². The average Bonchev–Trinajstić information content (AvgIpc) is 2.76. The van der Waals surface area contributed by atoms with Crippen molar-refractivity contribution in [2.45, 2.75) is 76.9 Å². The predicted octanol–water partition coefficient (Wildman–Crippen LogP) is 1.71. The minimum absolute atomic E-state index is 0.228. The Labute approximate surface area is 213 Å². The largest absolute Gasteiger partial charge is 0.367 e. The van der Waals surface area contributed by atoms with E-state index in [9.17, 15) is 14.5 Å². The van der Waals surface area contributed by atoms with Crippen molar-refractivity contribution in [1.29, 1.82) is 0 Å². The van der Waals surface area contributed by atoms with E-state index < -0.39 is 22.3 Å². The highest BCUT2D eigenvalue weighted by atomic mass is 16.5. The highest BCUT2D eigenvalue weighted by Crippen LogP contribution is 2.26. The summed E-state index contributed by atoms with van der Waals surface area (Å²) in [5.41, 5.74) is -2.15. The van der Waals surface area contributed by atoms with E-state index in [2.05, 4.69) is 15.8 Å². The topological polar surface area (TPSA) is 125 Å². The van der Waals surface area contributed by atoms with Gasteiger partial charge >= 0.3 is 0 Å². The van der Waals surface area contributed by atoms with Gasteiger partial charge in [-0.05, 0) is 58.9 Å². The van der Waals surface area contributed by atoms with Crippen LogP contribution in [0, 0.1) is 4.91 Å². The SMILES string of the molecule is CO[C@]1(C)CN2Cc3cc(N=O)cc(n3)CN(CC(C)(C)NC1=O)C[C@](C)(OC)C(=O)NC(C)(C)C2. The standard InChI is InChI=1S/C25H40N6O5/c1-22(2)13-30-11-18-9-17(29-34)10-19(26-18)12-31(16-24(5,35-7)20(32)27-22)14-23(3,4)28-21(33)25(6,15-30)36-8/h9-10H,11-16H2,1-8H3,(H,27,32)(H,28,33)/t24-,25+. The monoisotopic (exact) mass is 504 g/mol. The van der Waals surface area contributed by atoms with Gasteiger partial charge in [0.05, 0.1) is 11.4 Å². The van der Waals surface area contributed by atoms with E-state index in [-0.39, 0.29) is 30.6 Å². The number of fused-ring (bicyclic) bond motifs is 2. The number of aromatic nitrogens is 1. The van der Waals surface area contributed by atoms with Crippen LogP contribution in [0.15, 0.2) is 17.3 Å². The maximum atomic E-state index is 13.6. The van der Waals surface area contributed by atoms with Gasteiger partial charge in [-0.15, -0.1) is 4.91 Å². The number of ether oxygens (including phenoxy) is 2. The molecule has 2 N–H and O–H groups in total. The van der Waals surface area contributed by atoms with Gasteiger partial charge in [0.15, 0.2) is 11.2 Å². The molecule has 0 saturated carbocycles. The first-order valence-corrected chi connectivity index (χ1v) is 12.2. The van der Waals surface area contributed by atoms with E-state index in [1.165, 1.54) is 14.2 Å². The second-order valence-corrected chi connectivity index (χ2v) is 11.7. The quantitative estimate of drug-likeness (QED) is 0.596. The van der Waals surface area contributed by atoms with Crippen molar-refractivity contribution in [3.63, 3.8) is 0 Å². The molecular weight excluding hydrogens is 464 g/mol. The lowest BCUT2D eigenvalue weighted by Crippen LogP contribution is -2.65. The molecule has 3 heterocycles. The minimum atomic E-state index is -1.18. The van der Waals surface area contributed by atoms with Crippen LogP contribution in [-0.2, 0) is 32.2 Å². The first-order chi connectivity index (χ1) is 16.6. The molecule has 0 aliphatic carbocycles. The third kappa shape index (κ3) is 6.44. The smallest absolute Gasteiger partial charge is 0.253 e. The molecule has 1 aromatic rings. The van der Waals surface area contributed by atoms with Crippen LogP contribution < -0.4 is 10.6 Å². The predicted molar refractivity (Wildman–Crippen MR) is 136 cm³/mol. The molecular formula is C25H40N6O5. The van der Waals surface area contributed by atoms with Crippen LogP contribution >= 0.6 is 0 Å². The summed E-state index contributed by atoms with van der Waals surface area (Å²) in [6, 6.07) is 3.32. The molecule has 2 aliphatic rings. The zero-order chi connectivity index (χ0) is 26.9. The van der Waals surface area contributed by atoms with Crippen LogP contribution in [0.5, 0.6) is 0 Å². The van der Waals surface area contributed by atoms with E-state index in [0.717, 1.165) is 0 Å². The van der Waals surface area contributed by atoms with Crippen molar-refractivity contribution in [1.82, 2.24) is 25.4 Å². The van der Waals surface area contributed by atoms with Gasteiger partial charge in [-0.3, -0.25) is 24.4 Å². The van der Waals surface area contributed by atoms with Gasteiger partial charge in [0.1, 0.15) is 5.69 Å². The Morgan fingerprint density at radius 1 is 0.778 bits per heavy atom. The number of amides is 2. The first-order valence-electron chi connectivity index (χ1n) is 12.2. The number of carbonyl (C=O) groups is 2. The number of carbonyl (C=O) groups excluding carboxylic acids is 2. The highest BCUT2D eigenvalue weighted by Gasteiger charge is 2.43. The summed E-state index contributed by atoms with van der Waals surface area (Å²) in [5, 5.41) is 9.48. The Bertz CT molecular complexity index is 942. The second-order valence-electron chi connectivity index (χ2n) is 11.7. The molecule has 36 heavy (non-hydrogen) atoms. The van der Waals surface area contributed by atoms with Crippen molar-refractivity contribution in [2.24, 2.45) is 5.18 Å². The number of rotatable bonds is 3. The summed E-state index contributed by atoms with van der Waals surface area (Å²) >= 11 is 0. The molecule has 3 rings (SSSR count). The van der Waals surface area contributed by atoms with Crippen LogP contribution in [0.3, 0.4) is 0 Å². The second kappa shape index (κ2) is 10.1. The molecule has 4 atom stereocenters. The number of pyridine rings is 1. The van der Waals surface area contributed by atoms with E-state index in [4.69, 9.17) is 14.5 Å². The van der Waals surface area contributed by atoms with Gasteiger partial charge in [0.2, 0.25) is 0 Å². The Hall–Kier alpha value is -2.47. The van der Waals surface area contributed by atoms with E-state index in [1.807, 2.05) is 37.5 Å². The normalized spacial score (nSPS) is 32.8. The van der Waals surface area contributed by atoms with Crippen molar-refractivity contribution in [3.8, 4) is 0 Å². The van der Waals surface area contributed by atoms with Crippen LogP contribution in [-0.4, -0.2) is 89.3 Å². The number of nitrogens with one attached hydrogen (secondary N) is 2. The fourth-order valence-electron chi connectivity index (χ4n) is 5.03. The maximum absolute atomic E-state index is 13.6. The zero-order valence-electron chi connectivity index (χ0n) is 22.7. The molecule has 0 fully saturated rings. The van der Waals surface area contributed by atoms with Crippen LogP contribution in [0.1, 0.15) is 52.9 Å². The molecule has 2 aliphatic heterocycles. The number of hydrogen-bond donors (Lipinski definition) is 2. The fourth-order valence-corrected chi connectivity index (χ4v) is 5.03. The molecule has 0 saturated heterocycles. The Kier molecular flexibility index (Phi) is 7.90. The Morgan fingerprint density at radius 2 is 1.17 bits per heavy atom. The molecule has 0 spiro atoms. The van der Waals surface area contributed by atoms with Gasteiger partial charge in [-0.2, -0.15) is 0 Å². The van der Waals surface area contributed by atoms with Crippen molar-refractivity contribution < 1.29 is 19.1 Å². The molecule has 2 unspecified atom stereocenters. The fraction of sp³-hybridized carbons (Fsp3) is 0.720. The summed E-state index contributed by atoms with van der Waals surface area (Å²) in [6.45, 7) is 13.1. The third-order valence-corrected chi connectivity index (χ3v) is 6.85.